The topological polar surface area (TPSA) is 38.9 Å². The quantitative estimate of drug-likeness (QED) is 0.658. The van der Waals surface area contributed by atoms with E-state index in [-0.39, 0.29) is 0 Å². The van der Waals surface area contributed by atoms with Crippen LogP contribution in [0.1, 0.15) is 5.56 Å². The molecule has 1 aromatic rings. The fourth-order valence-electron chi connectivity index (χ4n) is 0.514. The maximum atomic E-state index is 9.50. The Hall–Kier alpha value is -0.830. The summed E-state index contributed by atoms with van der Waals surface area (Å²) in [6.07, 6.45) is 1.65. The van der Waals surface area contributed by atoms with Gasteiger partial charge in [0.1, 0.15) is 5.82 Å². The molecule has 2 nitrogen and oxygen atoms in total. The summed E-state index contributed by atoms with van der Waals surface area (Å²) in [6.45, 7) is 1.88. The lowest BCUT2D eigenvalue weighted by atomic mass is 10.3. The molecule has 0 radical (unpaired) electrons. The van der Waals surface area contributed by atoms with Crippen molar-refractivity contribution in [1.82, 2.24) is 4.98 Å². The fraction of sp³-hybridized carbons (Fsp3) is 0.286. The number of alkyl halides is 1. The summed E-state index contributed by atoms with van der Waals surface area (Å²) in [5.74, 6) is 0.464. The van der Waals surface area contributed by atoms with Crippen molar-refractivity contribution in [2.45, 2.75) is 6.92 Å². The van der Waals surface area contributed by atoms with Crippen LogP contribution in [0.3, 0.4) is 0 Å². The summed E-state index contributed by atoms with van der Waals surface area (Å²) < 4.78 is 9.50. The first-order chi connectivity index (χ1) is 5.20. The molecule has 2 N–H and O–H groups in total. The molecule has 0 unspecified atom stereocenters. The molecular weight excluding hydrogens is 167 g/mol. The summed E-state index contributed by atoms with van der Waals surface area (Å²) in [5.41, 5.74) is 6.28. The van der Waals surface area contributed by atoms with Gasteiger partial charge in [0.15, 0.2) is 0 Å². The molecule has 1 aromatic heterocycles. The molecule has 0 atom stereocenters. The zero-order valence-corrected chi connectivity index (χ0v) is 7.19. The Morgan fingerprint density at radius 2 is 2.09 bits per heavy atom. The molecule has 0 fully saturated rings. The maximum Gasteiger partial charge on any atom is 0.124 e. The van der Waals surface area contributed by atoms with Crippen LogP contribution in [0.15, 0.2) is 12.3 Å². The summed E-state index contributed by atoms with van der Waals surface area (Å²) in [7, 11) is 0.500. The molecule has 0 spiro atoms. The number of halogens is 2. The third-order valence-electron chi connectivity index (χ3n) is 1.06. The SMILES string of the molecule is CF.Cc1cnc(N)cc1Cl. The number of nitrogens with zero attached hydrogens (tertiary/aromatic N) is 1. The lowest BCUT2D eigenvalue weighted by Crippen LogP contribution is -1.89. The smallest absolute Gasteiger partial charge is 0.124 e. The number of hydrogen-bond donors (Lipinski definition) is 1. The molecule has 0 aliphatic carbocycles. The highest BCUT2D eigenvalue weighted by atomic mass is 35.5. The van der Waals surface area contributed by atoms with Gasteiger partial charge in [-0.1, -0.05) is 11.6 Å². The Kier molecular flexibility index (Phi) is 4.54. The number of rotatable bonds is 0. The van der Waals surface area contributed by atoms with Gasteiger partial charge in [0, 0.05) is 11.2 Å². The molecule has 0 saturated heterocycles. The second-order valence-corrected chi connectivity index (χ2v) is 2.27. The highest BCUT2D eigenvalue weighted by Crippen LogP contribution is 2.14. The number of aromatic nitrogens is 1. The van der Waals surface area contributed by atoms with Gasteiger partial charge >= 0.3 is 0 Å². The van der Waals surface area contributed by atoms with Gasteiger partial charge in [-0.05, 0) is 18.6 Å². The van der Waals surface area contributed by atoms with Gasteiger partial charge < -0.3 is 5.73 Å². The third kappa shape index (κ3) is 3.18. The van der Waals surface area contributed by atoms with E-state index in [1.165, 1.54) is 0 Å². The van der Waals surface area contributed by atoms with Crippen molar-refractivity contribution in [3.63, 3.8) is 0 Å². The molecule has 0 amide bonds. The predicted octanol–water partition coefficient (Wildman–Crippen LogP) is 2.21. The average molecular weight is 177 g/mol. The highest BCUT2D eigenvalue weighted by Gasteiger charge is 1.93. The normalized spacial score (nSPS) is 8.36. The lowest BCUT2D eigenvalue weighted by Gasteiger charge is -1.95. The molecule has 1 heterocycles. The predicted molar refractivity (Wildman–Crippen MR) is 45.4 cm³/mol. The Balaban J connectivity index is 0.000000461. The summed E-state index contributed by atoms with van der Waals surface area (Å²) in [4.78, 5) is 3.83. The Morgan fingerprint density at radius 1 is 1.55 bits per heavy atom. The monoisotopic (exact) mass is 176 g/mol. The Bertz CT molecular complexity index is 228. The van der Waals surface area contributed by atoms with Gasteiger partial charge in [-0.15, -0.1) is 0 Å². The number of nitrogens with two attached hydrogens (primary N) is 1. The van der Waals surface area contributed by atoms with Crippen molar-refractivity contribution < 1.29 is 4.39 Å². The van der Waals surface area contributed by atoms with Gasteiger partial charge in [-0.2, -0.15) is 0 Å². The van der Waals surface area contributed by atoms with E-state index >= 15 is 0 Å². The summed E-state index contributed by atoms with van der Waals surface area (Å²) >= 11 is 5.69. The van der Waals surface area contributed by atoms with Crippen LogP contribution in [0.25, 0.3) is 0 Å². The highest BCUT2D eigenvalue weighted by molar-refractivity contribution is 6.31. The number of hydrogen-bond acceptors (Lipinski definition) is 2. The van der Waals surface area contributed by atoms with Crippen molar-refractivity contribution in [3.05, 3.63) is 22.8 Å². The van der Waals surface area contributed by atoms with Gasteiger partial charge in [-0.3, -0.25) is 4.39 Å². The maximum absolute atomic E-state index is 9.50. The van der Waals surface area contributed by atoms with Crippen LogP contribution < -0.4 is 5.73 Å². The molecular formula is C7H10ClFN2. The second-order valence-electron chi connectivity index (χ2n) is 1.86. The Morgan fingerprint density at radius 3 is 2.45 bits per heavy atom. The van der Waals surface area contributed by atoms with E-state index in [0.29, 0.717) is 18.0 Å². The zero-order chi connectivity index (χ0) is 8.85. The fourth-order valence-corrected chi connectivity index (χ4v) is 0.675. The molecule has 0 aromatic carbocycles. The van der Waals surface area contributed by atoms with Crippen LogP contribution in [0.2, 0.25) is 5.02 Å². The minimum Gasteiger partial charge on any atom is -0.384 e. The largest absolute Gasteiger partial charge is 0.384 e. The van der Waals surface area contributed by atoms with Crippen molar-refractivity contribution >= 4 is 17.4 Å². The van der Waals surface area contributed by atoms with E-state index in [2.05, 4.69) is 4.98 Å². The van der Waals surface area contributed by atoms with E-state index in [9.17, 15) is 4.39 Å². The van der Waals surface area contributed by atoms with E-state index in [1.807, 2.05) is 6.92 Å². The third-order valence-corrected chi connectivity index (χ3v) is 1.47. The number of anilines is 1. The first-order valence-electron chi connectivity index (χ1n) is 2.95. The van der Waals surface area contributed by atoms with Crippen LogP contribution in [0.4, 0.5) is 10.2 Å². The molecule has 0 bridgehead atoms. The minimum atomic E-state index is 0.464. The van der Waals surface area contributed by atoms with Crippen molar-refractivity contribution in [3.8, 4) is 0 Å². The van der Waals surface area contributed by atoms with Crippen LogP contribution in [-0.2, 0) is 0 Å². The van der Waals surface area contributed by atoms with Crippen LogP contribution in [0.5, 0.6) is 0 Å². The second kappa shape index (κ2) is 4.91. The summed E-state index contributed by atoms with van der Waals surface area (Å²) in [5, 5.41) is 0.669. The number of nitrogen functional groups attached to an aromatic ring is 1. The van der Waals surface area contributed by atoms with Crippen LogP contribution >= 0.6 is 11.6 Å². The van der Waals surface area contributed by atoms with Crippen LogP contribution in [0, 0.1) is 6.92 Å². The molecule has 62 valence electrons. The number of aryl methyl sites for hydroxylation is 1. The van der Waals surface area contributed by atoms with Gasteiger partial charge in [0.25, 0.3) is 0 Å². The molecule has 0 aliphatic heterocycles. The van der Waals surface area contributed by atoms with Crippen molar-refractivity contribution in [2.75, 3.05) is 12.9 Å². The van der Waals surface area contributed by atoms with E-state index < -0.39 is 0 Å². The summed E-state index contributed by atoms with van der Waals surface area (Å²) in [6, 6.07) is 1.64. The zero-order valence-electron chi connectivity index (χ0n) is 6.44. The first-order valence-corrected chi connectivity index (χ1v) is 3.33. The van der Waals surface area contributed by atoms with E-state index in [4.69, 9.17) is 17.3 Å². The standard InChI is InChI=1S/C6H7ClN2.CH3F/c1-4-3-9-6(8)2-5(4)7;1-2/h2-3H,1H3,(H2,8,9);1H3. The molecule has 4 heteroatoms. The average Bonchev–Trinajstić information content (AvgIpc) is 2.02. The van der Waals surface area contributed by atoms with Gasteiger partial charge in [-0.25, -0.2) is 4.98 Å². The Labute approximate surface area is 70.2 Å². The molecule has 1 rings (SSSR count). The first kappa shape index (κ1) is 10.2. The molecule has 0 saturated carbocycles. The van der Waals surface area contributed by atoms with E-state index in [1.54, 1.807) is 12.3 Å². The van der Waals surface area contributed by atoms with Gasteiger partial charge in [0.05, 0.1) is 7.18 Å². The molecule has 0 aliphatic rings. The molecule has 11 heavy (non-hydrogen) atoms. The minimum absolute atomic E-state index is 0.464. The van der Waals surface area contributed by atoms with Crippen molar-refractivity contribution in [1.29, 1.82) is 0 Å². The van der Waals surface area contributed by atoms with Crippen LogP contribution in [-0.4, -0.2) is 12.2 Å². The lowest BCUT2D eigenvalue weighted by molar-refractivity contribution is 0.636. The van der Waals surface area contributed by atoms with Gasteiger partial charge in [0.2, 0.25) is 0 Å². The van der Waals surface area contributed by atoms with E-state index in [0.717, 1.165) is 5.56 Å². The van der Waals surface area contributed by atoms with Crippen molar-refractivity contribution in [2.24, 2.45) is 0 Å². The number of pyridine rings is 1.